The largest absolute Gasteiger partial charge is 0.320 e. The normalized spacial score (nSPS) is 16.9. The first-order valence-corrected chi connectivity index (χ1v) is 6.77. The van der Waals surface area contributed by atoms with E-state index in [0.29, 0.717) is 16.9 Å². The average Bonchev–Trinajstić information content (AvgIpc) is 2.71. The van der Waals surface area contributed by atoms with E-state index >= 15 is 0 Å². The molecule has 21 heavy (non-hydrogen) atoms. The lowest BCUT2D eigenvalue weighted by atomic mass is 9.91. The number of hydrogen-bond acceptors (Lipinski definition) is 1. The molecule has 0 unspecified atom stereocenters. The molecule has 1 heterocycles. The van der Waals surface area contributed by atoms with E-state index in [4.69, 9.17) is 11.6 Å². The highest BCUT2D eigenvalue weighted by Crippen LogP contribution is 2.36. The van der Waals surface area contributed by atoms with Crippen molar-refractivity contribution in [3.8, 4) is 5.69 Å². The minimum Gasteiger partial charge on any atom is -0.320 e. The quantitative estimate of drug-likeness (QED) is 0.767. The molecule has 0 atom stereocenters. The van der Waals surface area contributed by atoms with Crippen LogP contribution in [0.15, 0.2) is 24.4 Å². The summed E-state index contributed by atoms with van der Waals surface area (Å²) in [7, 11) is 0. The number of halogens is 4. The fourth-order valence-electron chi connectivity index (χ4n) is 2.72. The second-order valence-electron chi connectivity index (χ2n) is 5.17. The number of fused-ring (bicyclic) bond motifs is 1. The van der Waals surface area contributed by atoms with Crippen LogP contribution >= 0.6 is 11.6 Å². The summed E-state index contributed by atoms with van der Waals surface area (Å²) in [5.74, 6) is -5.02. The topological polar surface area (TPSA) is 22.0 Å². The van der Waals surface area contributed by atoms with Crippen LogP contribution in [0.4, 0.5) is 13.2 Å². The van der Waals surface area contributed by atoms with Crippen molar-refractivity contribution in [3.05, 3.63) is 52.1 Å². The average molecular weight is 314 g/mol. The fourth-order valence-corrected chi connectivity index (χ4v) is 2.94. The molecule has 0 amide bonds. The van der Waals surface area contributed by atoms with E-state index in [1.807, 2.05) is 0 Å². The van der Waals surface area contributed by atoms with E-state index < -0.39 is 23.9 Å². The molecule has 0 spiro atoms. The number of Topliss-reactive ketones (excluding diaryl/α,β-unsaturated/α-hetero) is 1. The number of alkyl halides is 2. The van der Waals surface area contributed by atoms with Crippen LogP contribution < -0.4 is 0 Å². The van der Waals surface area contributed by atoms with E-state index in [0.717, 1.165) is 6.07 Å². The number of carbonyl (C=O) groups is 1. The summed E-state index contributed by atoms with van der Waals surface area (Å²) in [4.78, 5) is 11.9. The Morgan fingerprint density at radius 3 is 2.67 bits per heavy atom. The van der Waals surface area contributed by atoms with Gasteiger partial charge in [-0.3, -0.25) is 4.79 Å². The van der Waals surface area contributed by atoms with Gasteiger partial charge in [0.25, 0.3) is 0 Å². The van der Waals surface area contributed by atoms with Gasteiger partial charge >= 0.3 is 5.92 Å². The van der Waals surface area contributed by atoms with Gasteiger partial charge in [-0.2, -0.15) is 8.78 Å². The van der Waals surface area contributed by atoms with Gasteiger partial charge in [-0.1, -0.05) is 11.6 Å². The molecule has 1 aliphatic rings. The van der Waals surface area contributed by atoms with Gasteiger partial charge in [-0.05, 0) is 37.1 Å². The Morgan fingerprint density at radius 2 is 2.00 bits per heavy atom. The van der Waals surface area contributed by atoms with Crippen LogP contribution in [-0.2, 0) is 6.42 Å². The molecule has 2 nitrogen and oxygen atoms in total. The van der Waals surface area contributed by atoms with Gasteiger partial charge in [0.2, 0.25) is 5.78 Å². The number of benzene rings is 1. The highest BCUT2D eigenvalue weighted by atomic mass is 35.5. The number of carbonyl (C=O) groups excluding carboxylic acids is 1. The fraction of sp³-hybridized carbons (Fsp3) is 0.267. The van der Waals surface area contributed by atoms with Crippen molar-refractivity contribution in [1.29, 1.82) is 0 Å². The maximum atomic E-state index is 13.6. The van der Waals surface area contributed by atoms with Gasteiger partial charge in [0.15, 0.2) is 0 Å². The van der Waals surface area contributed by atoms with E-state index in [1.54, 1.807) is 17.7 Å². The van der Waals surface area contributed by atoms with Crippen molar-refractivity contribution >= 4 is 17.4 Å². The van der Waals surface area contributed by atoms with E-state index in [-0.39, 0.29) is 17.0 Å². The summed E-state index contributed by atoms with van der Waals surface area (Å²) in [5.41, 5.74) is 1.38. The van der Waals surface area contributed by atoms with Crippen LogP contribution in [-0.4, -0.2) is 16.3 Å². The Bertz CT molecular complexity index is 731. The predicted molar refractivity (Wildman–Crippen MR) is 73.1 cm³/mol. The highest BCUT2D eigenvalue weighted by Gasteiger charge is 2.45. The molecule has 0 saturated carbocycles. The molecule has 0 fully saturated rings. The first-order valence-electron chi connectivity index (χ1n) is 6.39. The van der Waals surface area contributed by atoms with E-state index in [1.165, 1.54) is 12.1 Å². The minimum absolute atomic E-state index is 0.0339. The van der Waals surface area contributed by atoms with Crippen molar-refractivity contribution in [2.75, 3.05) is 0 Å². The maximum Gasteiger partial charge on any atom is 0.310 e. The molecular weight excluding hydrogens is 303 g/mol. The minimum atomic E-state index is -3.33. The van der Waals surface area contributed by atoms with Crippen LogP contribution in [0.1, 0.15) is 28.0 Å². The third kappa shape index (κ3) is 2.25. The third-order valence-corrected chi connectivity index (χ3v) is 3.88. The Kier molecular flexibility index (Phi) is 3.13. The van der Waals surface area contributed by atoms with Crippen LogP contribution in [0.25, 0.3) is 5.69 Å². The van der Waals surface area contributed by atoms with Gasteiger partial charge in [-0.25, -0.2) is 4.39 Å². The summed E-state index contributed by atoms with van der Waals surface area (Å²) < 4.78 is 42.1. The summed E-state index contributed by atoms with van der Waals surface area (Å²) in [6.07, 6.45) is 1.08. The third-order valence-electron chi connectivity index (χ3n) is 3.66. The zero-order valence-electron chi connectivity index (χ0n) is 11.1. The molecule has 0 saturated heterocycles. The molecule has 110 valence electrons. The van der Waals surface area contributed by atoms with Crippen LogP contribution in [0.2, 0.25) is 5.02 Å². The molecule has 0 aliphatic heterocycles. The van der Waals surface area contributed by atoms with Gasteiger partial charge in [0.05, 0.1) is 0 Å². The Morgan fingerprint density at radius 1 is 1.29 bits per heavy atom. The van der Waals surface area contributed by atoms with Crippen molar-refractivity contribution in [2.45, 2.75) is 25.7 Å². The molecule has 1 aliphatic carbocycles. The Hall–Kier alpha value is -1.75. The summed E-state index contributed by atoms with van der Waals surface area (Å²) in [6, 6.07) is 3.94. The Labute approximate surface area is 124 Å². The van der Waals surface area contributed by atoms with Crippen molar-refractivity contribution < 1.29 is 18.0 Å². The zero-order valence-corrected chi connectivity index (χ0v) is 11.8. The van der Waals surface area contributed by atoms with Crippen LogP contribution in [0.3, 0.4) is 0 Å². The van der Waals surface area contributed by atoms with Gasteiger partial charge in [0, 0.05) is 34.6 Å². The lowest BCUT2D eigenvalue weighted by Gasteiger charge is -2.22. The monoisotopic (exact) mass is 313 g/mol. The molecular formula is C15H11ClF3NO. The molecule has 1 aromatic carbocycles. The maximum absolute atomic E-state index is 13.6. The number of hydrogen-bond donors (Lipinski definition) is 0. The summed E-state index contributed by atoms with van der Waals surface area (Å²) in [5, 5.41) is 0.206. The van der Waals surface area contributed by atoms with Gasteiger partial charge in [-0.15, -0.1) is 0 Å². The van der Waals surface area contributed by atoms with E-state index in [2.05, 4.69) is 0 Å². The first-order chi connectivity index (χ1) is 9.79. The number of aryl methyl sites for hydroxylation is 1. The second kappa shape index (κ2) is 4.63. The highest BCUT2D eigenvalue weighted by molar-refractivity contribution is 6.30. The molecule has 0 bridgehead atoms. The number of aromatic nitrogens is 1. The standard InChI is InChI=1S/C15H11ClF3NO/c1-8-7-20(11-5-9(16)4-10(17)6-11)12-2-3-15(18,19)14(21)13(8)12/h4-7H,2-3H2,1H3. The SMILES string of the molecule is Cc1cn(-c2cc(F)cc(Cl)c2)c2c1C(=O)C(F)(F)CC2. The number of rotatable bonds is 1. The smallest absolute Gasteiger partial charge is 0.310 e. The lowest BCUT2D eigenvalue weighted by molar-refractivity contribution is 0.00167. The van der Waals surface area contributed by atoms with Gasteiger partial charge < -0.3 is 4.57 Å². The molecule has 0 radical (unpaired) electrons. The number of nitrogens with zero attached hydrogens (tertiary/aromatic N) is 1. The van der Waals surface area contributed by atoms with Crippen molar-refractivity contribution in [2.24, 2.45) is 0 Å². The zero-order chi connectivity index (χ0) is 15.4. The summed E-state index contributed by atoms with van der Waals surface area (Å²) >= 11 is 5.82. The second-order valence-corrected chi connectivity index (χ2v) is 5.60. The molecule has 2 aromatic rings. The van der Waals surface area contributed by atoms with Crippen molar-refractivity contribution in [3.63, 3.8) is 0 Å². The van der Waals surface area contributed by atoms with Crippen LogP contribution in [0.5, 0.6) is 0 Å². The molecule has 0 N–H and O–H groups in total. The van der Waals surface area contributed by atoms with Crippen LogP contribution in [0, 0.1) is 12.7 Å². The molecule has 6 heteroatoms. The van der Waals surface area contributed by atoms with E-state index in [9.17, 15) is 18.0 Å². The molecule has 1 aromatic heterocycles. The lowest BCUT2D eigenvalue weighted by Crippen LogP contribution is -2.34. The van der Waals surface area contributed by atoms with Crippen molar-refractivity contribution in [1.82, 2.24) is 4.57 Å². The van der Waals surface area contributed by atoms with Gasteiger partial charge in [0.1, 0.15) is 5.82 Å². The first kappa shape index (κ1) is 14.2. The number of ketones is 1. The summed E-state index contributed by atoms with van der Waals surface area (Å²) in [6.45, 7) is 1.59. The predicted octanol–water partition coefficient (Wildman–Crippen LogP) is 4.34. The molecule has 3 rings (SSSR count). The Balaban J connectivity index is 2.20.